The number of carboxylic acid groups (broad SMARTS) is 1. The van der Waals surface area contributed by atoms with Gasteiger partial charge in [-0.3, -0.25) is 14.6 Å². The van der Waals surface area contributed by atoms with Gasteiger partial charge in [0.2, 0.25) is 0 Å². The summed E-state index contributed by atoms with van der Waals surface area (Å²) in [5.74, 6) is 0.709. The van der Waals surface area contributed by atoms with Crippen molar-refractivity contribution in [2.45, 2.75) is 77.4 Å². The highest BCUT2D eigenvalue weighted by Gasteiger charge is 2.29. The Hall–Kier alpha value is -3.22. The second kappa shape index (κ2) is 13.8. The molecule has 0 saturated carbocycles. The number of carboxylic acids is 1. The predicted octanol–water partition coefficient (Wildman–Crippen LogP) is 7.21. The topological polar surface area (TPSA) is 53.0 Å². The Kier molecular flexibility index (Phi) is 9.96. The monoisotopic (exact) mass is 572 g/mol. The van der Waals surface area contributed by atoms with Crippen LogP contribution < -0.4 is 4.74 Å². The number of nitrogens with zero attached hydrogens (tertiary/aromatic N) is 2. The maximum Gasteiger partial charge on any atom is 0.313 e. The highest BCUT2D eigenvalue weighted by molar-refractivity contribution is 5.80. The molecule has 5 nitrogen and oxygen atoms in total. The van der Waals surface area contributed by atoms with E-state index in [9.17, 15) is 14.3 Å². The summed E-state index contributed by atoms with van der Waals surface area (Å²) in [6, 6.07) is 21.5. The van der Waals surface area contributed by atoms with Gasteiger partial charge in [-0.1, -0.05) is 42.5 Å². The van der Waals surface area contributed by atoms with Crippen LogP contribution in [0.4, 0.5) is 4.39 Å². The summed E-state index contributed by atoms with van der Waals surface area (Å²) in [6.07, 6.45) is 6.85. The van der Waals surface area contributed by atoms with Gasteiger partial charge in [0.05, 0.1) is 12.0 Å². The van der Waals surface area contributed by atoms with Crippen LogP contribution in [0.3, 0.4) is 0 Å². The maximum absolute atomic E-state index is 13.3. The van der Waals surface area contributed by atoms with Crippen LogP contribution in [0.25, 0.3) is 0 Å². The summed E-state index contributed by atoms with van der Waals surface area (Å²) in [5, 5.41) is 9.58. The van der Waals surface area contributed by atoms with E-state index >= 15 is 0 Å². The third kappa shape index (κ3) is 7.99. The molecule has 1 fully saturated rings. The van der Waals surface area contributed by atoms with Crippen molar-refractivity contribution in [3.05, 3.63) is 100 Å². The van der Waals surface area contributed by atoms with Gasteiger partial charge in [-0.2, -0.15) is 0 Å². The van der Waals surface area contributed by atoms with Gasteiger partial charge in [0, 0.05) is 19.6 Å². The number of benzene rings is 3. The number of aliphatic carboxylic acids is 1. The van der Waals surface area contributed by atoms with Gasteiger partial charge in [-0.05, 0) is 130 Å². The second-order valence-corrected chi connectivity index (χ2v) is 12.7. The average Bonchev–Trinajstić information content (AvgIpc) is 3.18. The molecule has 0 aromatic heterocycles. The molecule has 42 heavy (non-hydrogen) atoms. The van der Waals surface area contributed by atoms with E-state index in [1.54, 1.807) is 26.0 Å². The fraction of sp³-hybridized carbons (Fsp3) is 0.472. The third-order valence-corrected chi connectivity index (χ3v) is 9.13. The highest BCUT2D eigenvalue weighted by Crippen LogP contribution is 2.28. The molecule has 0 unspecified atom stereocenters. The van der Waals surface area contributed by atoms with Gasteiger partial charge in [0.15, 0.2) is 0 Å². The summed E-state index contributed by atoms with van der Waals surface area (Å²) in [6.45, 7) is 10.1. The van der Waals surface area contributed by atoms with E-state index in [1.807, 2.05) is 24.3 Å². The zero-order valence-corrected chi connectivity index (χ0v) is 25.2. The molecule has 224 valence electrons. The number of fused-ring (bicyclic) bond motifs is 1. The first-order valence-electron chi connectivity index (χ1n) is 15.5. The van der Waals surface area contributed by atoms with Crippen molar-refractivity contribution in [2.75, 3.05) is 26.2 Å². The van der Waals surface area contributed by atoms with Crippen LogP contribution in [-0.4, -0.2) is 47.1 Å². The van der Waals surface area contributed by atoms with E-state index < -0.39 is 11.4 Å². The molecule has 0 bridgehead atoms. The predicted molar refractivity (Wildman–Crippen MR) is 165 cm³/mol. The van der Waals surface area contributed by atoms with Crippen molar-refractivity contribution in [2.24, 2.45) is 5.92 Å². The van der Waals surface area contributed by atoms with Crippen molar-refractivity contribution in [3.63, 3.8) is 0 Å². The molecule has 0 spiro atoms. The lowest BCUT2D eigenvalue weighted by atomic mass is 9.84. The first-order valence-corrected chi connectivity index (χ1v) is 15.5. The summed E-state index contributed by atoms with van der Waals surface area (Å²) in [7, 11) is 0. The van der Waals surface area contributed by atoms with Crippen molar-refractivity contribution in [3.8, 4) is 5.75 Å². The summed E-state index contributed by atoms with van der Waals surface area (Å²) >= 11 is 0. The van der Waals surface area contributed by atoms with E-state index in [0.29, 0.717) is 0 Å². The van der Waals surface area contributed by atoms with Crippen molar-refractivity contribution in [1.82, 2.24) is 9.80 Å². The molecule has 0 aliphatic carbocycles. The number of carbonyl (C=O) groups is 1. The van der Waals surface area contributed by atoms with Crippen molar-refractivity contribution >= 4 is 5.97 Å². The maximum atomic E-state index is 13.3. The Bertz CT molecular complexity index is 1330. The Morgan fingerprint density at radius 1 is 0.929 bits per heavy atom. The third-order valence-electron chi connectivity index (χ3n) is 9.13. The van der Waals surface area contributed by atoms with Crippen LogP contribution in [0.2, 0.25) is 0 Å². The smallest absolute Gasteiger partial charge is 0.313 e. The summed E-state index contributed by atoms with van der Waals surface area (Å²) < 4.78 is 19.5. The second-order valence-electron chi connectivity index (χ2n) is 12.7. The van der Waals surface area contributed by atoms with Gasteiger partial charge in [-0.15, -0.1) is 0 Å². The van der Waals surface area contributed by atoms with E-state index in [2.05, 4.69) is 40.1 Å². The number of hydrogen-bond donors (Lipinski definition) is 1. The zero-order chi connectivity index (χ0) is 29.5. The van der Waals surface area contributed by atoms with Crippen LogP contribution in [0.5, 0.6) is 5.75 Å². The zero-order valence-electron chi connectivity index (χ0n) is 25.2. The standard InChI is InChI=1S/C36H45FN2O3/c1-36(2,35(40)41)32-9-3-6-29(22-32)25-38-19-16-27(17-20-38)7-5-21-42-34-15-12-30-8-4-18-39(26-31(30)23-34)24-28-10-13-33(37)14-11-28/h3,6,9-15,22-23,27H,4-5,7-8,16-21,24-26H2,1-2H3,(H,40,41). The first-order chi connectivity index (χ1) is 20.3. The van der Waals surface area contributed by atoms with Gasteiger partial charge in [0.25, 0.3) is 0 Å². The van der Waals surface area contributed by atoms with Gasteiger partial charge >= 0.3 is 5.97 Å². The molecule has 2 heterocycles. The van der Waals surface area contributed by atoms with Crippen LogP contribution in [-0.2, 0) is 36.3 Å². The fourth-order valence-corrected chi connectivity index (χ4v) is 6.31. The number of piperidine rings is 1. The Morgan fingerprint density at radius 2 is 1.69 bits per heavy atom. The normalized spacial score (nSPS) is 17.0. The first kappa shape index (κ1) is 30.2. The number of halogens is 1. The van der Waals surface area contributed by atoms with Gasteiger partial charge in [-0.25, -0.2) is 4.39 Å². The van der Waals surface area contributed by atoms with E-state index in [-0.39, 0.29) is 5.82 Å². The minimum Gasteiger partial charge on any atom is -0.494 e. The lowest BCUT2D eigenvalue weighted by Crippen LogP contribution is -2.33. The molecule has 1 saturated heterocycles. The van der Waals surface area contributed by atoms with Gasteiger partial charge < -0.3 is 9.84 Å². The number of ether oxygens (including phenoxy) is 1. The highest BCUT2D eigenvalue weighted by atomic mass is 19.1. The number of likely N-dealkylation sites (tertiary alicyclic amines) is 1. The Balaban J connectivity index is 1.04. The Morgan fingerprint density at radius 3 is 2.45 bits per heavy atom. The Labute approximate surface area is 250 Å². The van der Waals surface area contributed by atoms with Gasteiger partial charge in [0.1, 0.15) is 11.6 Å². The molecule has 1 N–H and O–H groups in total. The molecule has 3 aromatic carbocycles. The molecule has 6 heteroatoms. The summed E-state index contributed by atoms with van der Waals surface area (Å²) in [4.78, 5) is 16.6. The van der Waals surface area contributed by atoms with E-state index in [4.69, 9.17) is 4.74 Å². The minimum absolute atomic E-state index is 0.186. The number of rotatable bonds is 11. The largest absolute Gasteiger partial charge is 0.494 e. The van der Waals surface area contributed by atoms with E-state index in [1.165, 1.54) is 36.0 Å². The number of aryl methyl sites for hydroxylation is 1. The van der Waals surface area contributed by atoms with E-state index in [0.717, 1.165) is 87.9 Å². The van der Waals surface area contributed by atoms with Crippen LogP contribution in [0, 0.1) is 11.7 Å². The van der Waals surface area contributed by atoms with Crippen LogP contribution in [0.15, 0.2) is 66.7 Å². The average molecular weight is 573 g/mol. The summed E-state index contributed by atoms with van der Waals surface area (Å²) in [5.41, 5.74) is 5.07. The molecule has 2 aliphatic rings. The quantitative estimate of drug-likeness (QED) is 0.246. The van der Waals surface area contributed by atoms with Crippen LogP contribution >= 0.6 is 0 Å². The van der Waals surface area contributed by atoms with Crippen molar-refractivity contribution < 1.29 is 19.0 Å². The fourth-order valence-electron chi connectivity index (χ4n) is 6.31. The molecular weight excluding hydrogens is 527 g/mol. The SMILES string of the molecule is CC(C)(C(=O)O)c1cccc(CN2CCC(CCCOc3ccc4c(c3)CN(Cc3ccc(F)cc3)CCC4)CC2)c1. The molecule has 0 amide bonds. The number of hydrogen-bond acceptors (Lipinski definition) is 4. The molecule has 0 radical (unpaired) electrons. The molecular formula is C36H45FN2O3. The molecule has 0 atom stereocenters. The lowest BCUT2D eigenvalue weighted by molar-refractivity contribution is -0.142. The van der Waals surface area contributed by atoms with Crippen LogP contribution in [0.1, 0.15) is 73.8 Å². The minimum atomic E-state index is -0.880. The molecule has 5 rings (SSSR count). The van der Waals surface area contributed by atoms with Crippen molar-refractivity contribution in [1.29, 1.82) is 0 Å². The molecule has 2 aliphatic heterocycles. The lowest BCUT2D eigenvalue weighted by Gasteiger charge is -2.32. The molecule has 3 aromatic rings.